The first kappa shape index (κ1) is 12.6. The van der Waals surface area contributed by atoms with Gasteiger partial charge in [0.2, 0.25) is 0 Å². The van der Waals surface area contributed by atoms with E-state index in [2.05, 4.69) is 76.2 Å². The largest absolute Gasteiger partial charge is 0.0639 e. The molecule has 0 aliphatic heterocycles. The van der Waals surface area contributed by atoms with Crippen LogP contribution < -0.4 is 0 Å². The van der Waals surface area contributed by atoms with E-state index < -0.39 is 0 Å². The van der Waals surface area contributed by atoms with Crippen molar-refractivity contribution in [3.05, 3.63) is 81.9 Å². The van der Waals surface area contributed by atoms with Crippen molar-refractivity contribution in [2.24, 2.45) is 0 Å². The molecular weight excluding hydrogens is 252 g/mol. The van der Waals surface area contributed by atoms with Crippen LogP contribution in [-0.2, 0) is 5.41 Å². The second kappa shape index (κ2) is 3.98. The van der Waals surface area contributed by atoms with Crippen LogP contribution in [0.4, 0.5) is 0 Å². The Morgan fingerprint density at radius 1 is 0.571 bits per heavy atom. The van der Waals surface area contributed by atoms with Gasteiger partial charge in [0.05, 0.1) is 5.41 Å². The Hall–Kier alpha value is -2.08. The number of benzene rings is 2. The Balaban J connectivity index is 2.19. The lowest BCUT2D eigenvalue weighted by atomic mass is 9.70. The van der Waals surface area contributed by atoms with Crippen LogP contribution >= 0.6 is 0 Å². The minimum atomic E-state index is -0.0264. The summed E-state index contributed by atoms with van der Waals surface area (Å²) in [5, 5.41) is 0. The summed E-state index contributed by atoms with van der Waals surface area (Å²) >= 11 is 0. The van der Waals surface area contributed by atoms with Gasteiger partial charge in [-0.05, 0) is 61.1 Å². The van der Waals surface area contributed by atoms with Crippen LogP contribution in [0.3, 0.4) is 0 Å². The van der Waals surface area contributed by atoms with Crippen LogP contribution in [0.25, 0.3) is 11.1 Å². The van der Waals surface area contributed by atoms with E-state index in [-0.39, 0.29) is 5.41 Å². The van der Waals surface area contributed by atoms with Gasteiger partial charge in [0.15, 0.2) is 0 Å². The van der Waals surface area contributed by atoms with Crippen LogP contribution in [-0.4, -0.2) is 0 Å². The monoisotopic (exact) mass is 272 g/mol. The summed E-state index contributed by atoms with van der Waals surface area (Å²) in [6, 6.07) is 17.8. The van der Waals surface area contributed by atoms with Crippen molar-refractivity contribution in [2.75, 3.05) is 0 Å². The zero-order chi connectivity index (χ0) is 14.8. The molecule has 0 unspecified atom stereocenters. The van der Waals surface area contributed by atoms with E-state index in [9.17, 15) is 0 Å². The SMILES string of the molecule is CC1=C(C)C2(C(C)=C(C)c3ccccc32)c2ccccc21. The molecule has 2 aromatic carbocycles. The predicted octanol–water partition coefficient (Wildman–Crippen LogP) is 5.59. The molecule has 0 amide bonds. The van der Waals surface area contributed by atoms with Gasteiger partial charge in [-0.1, -0.05) is 59.7 Å². The van der Waals surface area contributed by atoms with Crippen LogP contribution in [0.15, 0.2) is 59.7 Å². The molecule has 1 spiro atoms. The number of allylic oxidation sites excluding steroid dienone is 4. The summed E-state index contributed by atoms with van der Waals surface area (Å²) in [6.07, 6.45) is 0. The molecular formula is C21H20. The molecule has 0 radical (unpaired) electrons. The molecule has 0 aromatic heterocycles. The van der Waals surface area contributed by atoms with E-state index >= 15 is 0 Å². The third kappa shape index (κ3) is 1.26. The van der Waals surface area contributed by atoms with Crippen LogP contribution in [0.1, 0.15) is 49.9 Å². The maximum atomic E-state index is 2.31. The van der Waals surface area contributed by atoms with Gasteiger partial charge in [-0.15, -0.1) is 0 Å². The first-order chi connectivity index (χ1) is 10.1. The van der Waals surface area contributed by atoms with Crippen molar-refractivity contribution in [3.63, 3.8) is 0 Å². The number of rotatable bonds is 0. The number of fused-ring (bicyclic) bond motifs is 4. The average Bonchev–Trinajstić information content (AvgIpc) is 2.89. The van der Waals surface area contributed by atoms with Crippen molar-refractivity contribution >= 4 is 11.1 Å². The molecule has 0 saturated carbocycles. The standard InChI is InChI=1S/C21H20/c1-13-15(3)21(19-11-7-5-9-17(13)19)16(4)14(2)18-10-6-8-12-20(18)21/h5-12H,1-4H3. The van der Waals surface area contributed by atoms with Crippen molar-refractivity contribution in [1.29, 1.82) is 0 Å². The number of hydrogen-bond donors (Lipinski definition) is 0. The number of hydrogen-bond acceptors (Lipinski definition) is 0. The molecule has 0 atom stereocenters. The molecule has 2 aliphatic rings. The van der Waals surface area contributed by atoms with Crippen molar-refractivity contribution in [1.82, 2.24) is 0 Å². The molecule has 21 heavy (non-hydrogen) atoms. The zero-order valence-electron chi connectivity index (χ0n) is 13.1. The molecule has 0 heteroatoms. The second-order valence-corrected chi connectivity index (χ2v) is 6.34. The van der Waals surface area contributed by atoms with Gasteiger partial charge in [0, 0.05) is 0 Å². The smallest absolute Gasteiger partial charge is 0.0619 e. The highest BCUT2D eigenvalue weighted by molar-refractivity contribution is 5.92. The molecule has 0 bridgehead atoms. The molecule has 4 rings (SSSR count). The molecule has 0 nitrogen and oxygen atoms in total. The Morgan fingerprint density at radius 2 is 0.952 bits per heavy atom. The summed E-state index contributed by atoms with van der Waals surface area (Å²) in [5.41, 5.74) is 11.6. The van der Waals surface area contributed by atoms with Crippen LogP contribution in [0.5, 0.6) is 0 Å². The van der Waals surface area contributed by atoms with E-state index in [4.69, 9.17) is 0 Å². The second-order valence-electron chi connectivity index (χ2n) is 6.34. The highest BCUT2D eigenvalue weighted by Gasteiger charge is 2.49. The van der Waals surface area contributed by atoms with Gasteiger partial charge in [0.1, 0.15) is 0 Å². The molecule has 2 aliphatic carbocycles. The fourth-order valence-corrected chi connectivity index (χ4v) is 4.48. The van der Waals surface area contributed by atoms with Gasteiger partial charge in [-0.2, -0.15) is 0 Å². The molecule has 0 N–H and O–H groups in total. The third-order valence-electron chi connectivity index (χ3n) is 5.72. The fourth-order valence-electron chi connectivity index (χ4n) is 4.48. The Morgan fingerprint density at radius 3 is 1.38 bits per heavy atom. The van der Waals surface area contributed by atoms with Gasteiger partial charge in [-0.25, -0.2) is 0 Å². The minimum Gasteiger partial charge on any atom is -0.0619 e. The minimum absolute atomic E-state index is 0.0264. The van der Waals surface area contributed by atoms with E-state index in [0.717, 1.165) is 0 Å². The normalized spacial score (nSPS) is 18.5. The summed E-state index contributed by atoms with van der Waals surface area (Å²) in [5.74, 6) is 0. The van der Waals surface area contributed by atoms with E-state index in [1.165, 1.54) is 44.5 Å². The highest BCUT2D eigenvalue weighted by Crippen LogP contribution is 2.59. The topological polar surface area (TPSA) is 0 Å². The summed E-state index contributed by atoms with van der Waals surface area (Å²) in [4.78, 5) is 0. The fraction of sp³-hybridized carbons (Fsp3) is 0.238. The molecule has 104 valence electrons. The third-order valence-corrected chi connectivity index (χ3v) is 5.72. The van der Waals surface area contributed by atoms with Crippen LogP contribution in [0, 0.1) is 0 Å². The quantitative estimate of drug-likeness (QED) is 0.586. The molecule has 0 heterocycles. The first-order valence-corrected chi connectivity index (χ1v) is 7.65. The molecule has 2 aromatic rings. The molecule has 0 fully saturated rings. The highest BCUT2D eigenvalue weighted by atomic mass is 14.5. The van der Waals surface area contributed by atoms with E-state index in [1.54, 1.807) is 0 Å². The lowest BCUT2D eigenvalue weighted by Gasteiger charge is -2.32. The lowest BCUT2D eigenvalue weighted by molar-refractivity contribution is 0.740. The maximum Gasteiger partial charge on any atom is 0.0639 e. The zero-order valence-corrected chi connectivity index (χ0v) is 13.1. The Labute approximate surface area is 126 Å². The van der Waals surface area contributed by atoms with Gasteiger partial charge < -0.3 is 0 Å². The van der Waals surface area contributed by atoms with Gasteiger partial charge in [-0.3, -0.25) is 0 Å². The summed E-state index contributed by atoms with van der Waals surface area (Å²) < 4.78 is 0. The molecule has 0 saturated heterocycles. The predicted molar refractivity (Wildman–Crippen MR) is 90.2 cm³/mol. The van der Waals surface area contributed by atoms with Crippen molar-refractivity contribution < 1.29 is 0 Å². The van der Waals surface area contributed by atoms with E-state index in [1.807, 2.05) is 0 Å². The van der Waals surface area contributed by atoms with Crippen molar-refractivity contribution in [2.45, 2.75) is 33.1 Å². The Kier molecular flexibility index (Phi) is 2.39. The lowest BCUT2D eigenvalue weighted by Crippen LogP contribution is -2.26. The van der Waals surface area contributed by atoms with Crippen LogP contribution in [0.2, 0.25) is 0 Å². The van der Waals surface area contributed by atoms with Gasteiger partial charge >= 0.3 is 0 Å². The first-order valence-electron chi connectivity index (χ1n) is 7.65. The summed E-state index contributed by atoms with van der Waals surface area (Å²) in [6.45, 7) is 9.17. The van der Waals surface area contributed by atoms with Gasteiger partial charge in [0.25, 0.3) is 0 Å². The maximum absolute atomic E-state index is 2.31. The Bertz CT molecular complexity index is 759. The van der Waals surface area contributed by atoms with Crippen molar-refractivity contribution in [3.8, 4) is 0 Å². The summed E-state index contributed by atoms with van der Waals surface area (Å²) in [7, 11) is 0. The average molecular weight is 272 g/mol. The van der Waals surface area contributed by atoms with E-state index in [0.29, 0.717) is 0 Å².